The van der Waals surface area contributed by atoms with Crippen LogP contribution in [-0.2, 0) is 0 Å². The SMILES string of the molecule is COc1ccc(-c2nc(C(=O)Nc3cc(Cl)ccc3C)cs2)cc1. The lowest BCUT2D eigenvalue weighted by molar-refractivity contribution is 0.102. The number of rotatable bonds is 4. The number of hydrogen-bond donors (Lipinski definition) is 1. The van der Waals surface area contributed by atoms with E-state index in [1.54, 1.807) is 24.6 Å². The summed E-state index contributed by atoms with van der Waals surface area (Å²) in [6.45, 7) is 1.91. The summed E-state index contributed by atoms with van der Waals surface area (Å²) < 4.78 is 5.14. The molecule has 0 fully saturated rings. The molecule has 4 nitrogen and oxygen atoms in total. The highest BCUT2D eigenvalue weighted by Gasteiger charge is 2.13. The highest BCUT2D eigenvalue weighted by Crippen LogP contribution is 2.26. The zero-order valence-electron chi connectivity index (χ0n) is 13.2. The molecule has 0 unspecified atom stereocenters. The third-order valence-corrected chi connectivity index (χ3v) is 4.65. The zero-order chi connectivity index (χ0) is 17.1. The molecule has 1 heterocycles. The van der Waals surface area contributed by atoms with Crippen LogP contribution < -0.4 is 10.1 Å². The van der Waals surface area contributed by atoms with Crippen LogP contribution in [0, 0.1) is 6.92 Å². The summed E-state index contributed by atoms with van der Waals surface area (Å²) in [4.78, 5) is 16.8. The minimum Gasteiger partial charge on any atom is -0.497 e. The molecule has 122 valence electrons. The summed E-state index contributed by atoms with van der Waals surface area (Å²) in [5.74, 6) is 0.529. The maximum absolute atomic E-state index is 12.4. The summed E-state index contributed by atoms with van der Waals surface area (Å²) in [6, 6.07) is 12.9. The van der Waals surface area contributed by atoms with Gasteiger partial charge in [0.25, 0.3) is 5.91 Å². The monoisotopic (exact) mass is 358 g/mol. The van der Waals surface area contributed by atoms with Gasteiger partial charge in [0.15, 0.2) is 0 Å². The van der Waals surface area contributed by atoms with Gasteiger partial charge in [0.1, 0.15) is 16.5 Å². The van der Waals surface area contributed by atoms with Gasteiger partial charge in [-0.25, -0.2) is 4.98 Å². The Bertz CT molecular complexity index is 875. The Kier molecular flexibility index (Phi) is 4.83. The van der Waals surface area contributed by atoms with E-state index in [-0.39, 0.29) is 5.91 Å². The maximum atomic E-state index is 12.4. The maximum Gasteiger partial charge on any atom is 0.275 e. The normalized spacial score (nSPS) is 10.5. The Balaban J connectivity index is 1.79. The van der Waals surface area contributed by atoms with E-state index in [1.165, 1.54) is 11.3 Å². The van der Waals surface area contributed by atoms with Gasteiger partial charge in [0.2, 0.25) is 0 Å². The Morgan fingerprint density at radius 3 is 2.67 bits per heavy atom. The summed E-state index contributed by atoms with van der Waals surface area (Å²) in [5, 5.41) is 5.96. The van der Waals surface area contributed by atoms with Gasteiger partial charge >= 0.3 is 0 Å². The van der Waals surface area contributed by atoms with Crippen molar-refractivity contribution in [3.05, 3.63) is 64.1 Å². The second kappa shape index (κ2) is 7.03. The van der Waals surface area contributed by atoms with E-state index in [0.717, 1.165) is 21.9 Å². The molecule has 0 saturated heterocycles. The van der Waals surface area contributed by atoms with Crippen molar-refractivity contribution in [2.45, 2.75) is 6.92 Å². The van der Waals surface area contributed by atoms with Gasteiger partial charge in [0.05, 0.1) is 7.11 Å². The van der Waals surface area contributed by atoms with Gasteiger partial charge < -0.3 is 10.1 Å². The standard InChI is InChI=1S/C18H15ClN2O2S/c1-11-3-6-13(19)9-15(11)20-17(22)16-10-24-18(21-16)12-4-7-14(23-2)8-5-12/h3-10H,1-2H3,(H,20,22). The Morgan fingerprint density at radius 2 is 1.96 bits per heavy atom. The van der Waals surface area contributed by atoms with Crippen LogP contribution in [0.2, 0.25) is 5.02 Å². The smallest absolute Gasteiger partial charge is 0.275 e. The molecular weight excluding hydrogens is 344 g/mol. The van der Waals surface area contributed by atoms with Crippen LogP contribution in [0.15, 0.2) is 47.8 Å². The molecule has 3 rings (SSSR count). The fourth-order valence-electron chi connectivity index (χ4n) is 2.16. The molecule has 1 aromatic heterocycles. The molecule has 1 amide bonds. The predicted octanol–water partition coefficient (Wildman–Crippen LogP) is 5.03. The summed E-state index contributed by atoms with van der Waals surface area (Å²) in [7, 11) is 1.62. The van der Waals surface area contributed by atoms with Crippen LogP contribution in [0.25, 0.3) is 10.6 Å². The van der Waals surface area contributed by atoms with E-state index in [1.807, 2.05) is 37.3 Å². The molecule has 0 radical (unpaired) electrons. The van der Waals surface area contributed by atoms with Crippen molar-refractivity contribution in [1.29, 1.82) is 0 Å². The van der Waals surface area contributed by atoms with Crippen LogP contribution in [0.1, 0.15) is 16.1 Å². The van der Waals surface area contributed by atoms with Gasteiger partial charge in [-0.1, -0.05) is 17.7 Å². The first-order chi connectivity index (χ1) is 11.6. The lowest BCUT2D eigenvalue weighted by Crippen LogP contribution is -2.13. The average Bonchev–Trinajstić information content (AvgIpc) is 3.08. The van der Waals surface area contributed by atoms with Crippen molar-refractivity contribution in [1.82, 2.24) is 4.98 Å². The van der Waals surface area contributed by atoms with E-state index in [2.05, 4.69) is 10.3 Å². The second-order valence-electron chi connectivity index (χ2n) is 5.18. The minimum absolute atomic E-state index is 0.253. The van der Waals surface area contributed by atoms with Crippen molar-refractivity contribution >= 4 is 34.5 Å². The van der Waals surface area contributed by atoms with E-state index < -0.39 is 0 Å². The number of aryl methyl sites for hydroxylation is 1. The second-order valence-corrected chi connectivity index (χ2v) is 6.47. The van der Waals surface area contributed by atoms with Crippen molar-refractivity contribution in [2.24, 2.45) is 0 Å². The zero-order valence-corrected chi connectivity index (χ0v) is 14.7. The fraction of sp³-hybridized carbons (Fsp3) is 0.111. The molecule has 3 aromatic rings. The van der Waals surface area contributed by atoms with Crippen molar-refractivity contribution in [3.63, 3.8) is 0 Å². The number of thiazole rings is 1. The molecule has 1 N–H and O–H groups in total. The van der Waals surface area contributed by atoms with Gasteiger partial charge in [-0.15, -0.1) is 11.3 Å². The van der Waals surface area contributed by atoms with Crippen LogP contribution in [0.4, 0.5) is 5.69 Å². The van der Waals surface area contributed by atoms with Crippen LogP contribution in [0.3, 0.4) is 0 Å². The summed E-state index contributed by atoms with van der Waals surface area (Å²) >= 11 is 7.40. The Hall–Kier alpha value is -2.37. The topological polar surface area (TPSA) is 51.2 Å². The highest BCUT2D eigenvalue weighted by atomic mass is 35.5. The third-order valence-electron chi connectivity index (χ3n) is 3.52. The molecule has 6 heteroatoms. The minimum atomic E-state index is -0.253. The summed E-state index contributed by atoms with van der Waals surface area (Å²) in [6.07, 6.45) is 0. The van der Waals surface area contributed by atoms with Gasteiger partial charge in [-0.2, -0.15) is 0 Å². The predicted molar refractivity (Wildman–Crippen MR) is 98.2 cm³/mol. The number of nitrogens with zero attached hydrogens (tertiary/aromatic N) is 1. The molecule has 0 aliphatic heterocycles. The highest BCUT2D eigenvalue weighted by molar-refractivity contribution is 7.13. The molecule has 0 spiro atoms. The number of ether oxygens (including phenoxy) is 1. The number of halogens is 1. The van der Waals surface area contributed by atoms with E-state index in [0.29, 0.717) is 16.4 Å². The van der Waals surface area contributed by atoms with Crippen molar-refractivity contribution in [3.8, 4) is 16.3 Å². The lowest BCUT2D eigenvalue weighted by atomic mass is 10.2. The number of carbonyl (C=O) groups excluding carboxylic acids is 1. The van der Waals surface area contributed by atoms with E-state index in [4.69, 9.17) is 16.3 Å². The number of hydrogen-bond acceptors (Lipinski definition) is 4. The first-order valence-electron chi connectivity index (χ1n) is 7.24. The van der Waals surface area contributed by atoms with E-state index in [9.17, 15) is 4.79 Å². The van der Waals surface area contributed by atoms with E-state index >= 15 is 0 Å². The number of benzene rings is 2. The fourth-order valence-corrected chi connectivity index (χ4v) is 3.14. The number of anilines is 1. The van der Waals surface area contributed by atoms with Crippen molar-refractivity contribution < 1.29 is 9.53 Å². The van der Waals surface area contributed by atoms with Crippen molar-refractivity contribution in [2.75, 3.05) is 12.4 Å². The van der Waals surface area contributed by atoms with Gasteiger partial charge in [-0.05, 0) is 48.9 Å². The Morgan fingerprint density at radius 1 is 1.21 bits per heavy atom. The molecule has 0 atom stereocenters. The van der Waals surface area contributed by atoms with Crippen LogP contribution in [0.5, 0.6) is 5.75 Å². The lowest BCUT2D eigenvalue weighted by Gasteiger charge is -2.07. The average molecular weight is 359 g/mol. The quantitative estimate of drug-likeness (QED) is 0.711. The first-order valence-corrected chi connectivity index (χ1v) is 8.50. The summed E-state index contributed by atoms with van der Waals surface area (Å²) in [5.41, 5.74) is 2.95. The van der Waals surface area contributed by atoms with Crippen LogP contribution >= 0.6 is 22.9 Å². The Labute approximate surface area is 149 Å². The largest absolute Gasteiger partial charge is 0.497 e. The number of nitrogens with one attached hydrogen (secondary N) is 1. The number of methoxy groups -OCH3 is 1. The molecule has 24 heavy (non-hydrogen) atoms. The molecule has 0 aliphatic rings. The molecule has 2 aromatic carbocycles. The number of aromatic nitrogens is 1. The number of amides is 1. The van der Waals surface area contributed by atoms with Crippen LogP contribution in [-0.4, -0.2) is 18.0 Å². The van der Waals surface area contributed by atoms with Gasteiger partial charge in [-0.3, -0.25) is 4.79 Å². The molecule has 0 saturated carbocycles. The molecular formula is C18H15ClN2O2S. The first kappa shape index (κ1) is 16.5. The van der Waals surface area contributed by atoms with Gasteiger partial charge in [0, 0.05) is 21.7 Å². The number of carbonyl (C=O) groups is 1. The third kappa shape index (κ3) is 3.58. The molecule has 0 bridgehead atoms. The molecule has 0 aliphatic carbocycles.